The zero-order valence-corrected chi connectivity index (χ0v) is 9.60. The van der Waals surface area contributed by atoms with E-state index >= 15 is 0 Å². The normalized spacial score (nSPS) is 29.0. The van der Waals surface area contributed by atoms with Crippen LogP contribution in [0.4, 0.5) is 0 Å². The van der Waals surface area contributed by atoms with E-state index in [2.05, 4.69) is 10.6 Å². The minimum atomic E-state index is 0.354. The van der Waals surface area contributed by atoms with Gasteiger partial charge in [0.2, 0.25) is 0 Å². The van der Waals surface area contributed by atoms with Gasteiger partial charge in [0.1, 0.15) is 0 Å². The van der Waals surface area contributed by atoms with Crippen molar-refractivity contribution in [3.8, 4) is 0 Å². The molecule has 2 rings (SSSR count). The molecule has 0 aromatic heterocycles. The summed E-state index contributed by atoms with van der Waals surface area (Å²) >= 11 is 0. The maximum absolute atomic E-state index is 8.95. The minimum Gasteiger partial charge on any atom is -0.396 e. The van der Waals surface area contributed by atoms with E-state index in [1.807, 2.05) is 0 Å². The van der Waals surface area contributed by atoms with Crippen molar-refractivity contribution < 1.29 is 5.11 Å². The number of aliphatic hydroxyl groups excluding tert-OH is 1. The molecule has 1 heterocycles. The predicted molar refractivity (Wildman–Crippen MR) is 61.8 cm³/mol. The Hall–Kier alpha value is -0.120. The third kappa shape index (κ3) is 3.44. The molecule has 0 aromatic carbocycles. The van der Waals surface area contributed by atoms with E-state index < -0.39 is 0 Å². The number of nitrogens with one attached hydrogen (secondary N) is 2. The van der Waals surface area contributed by atoms with Gasteiger partial charge in [0.15, 0.2) is 0 Å². The Bertz CT molecular complexity index is 186. The van der Waals surface area contributed by atoms with Gasteiger partial charge in [-0.1, -0.05) is 0 Å². The molecule has 3 N–H and O–H groups in total. The zero-order valence-electron chi connectivity index (χ0n) is 9.60. The molecule has 2 fully saturated rings. The predicted octanol–water partition coefficient (Wildman–Crippen LogP) is 0.738. The summed E-state index contributed by atoms with van der Waals surface area (Å²) in [4.78, 5) is 0. The molecule has 0 radical (unpaired) electrons. The summed E-state index contributed by atoms with van der Waals surface area (Å²) in [5.74, 6) is 0.823. The fraction of sp³-hybridized carbons (Fsp3) is 1.00. The molecule has 88 valence electrons. The van der Waals surface area contributed by atoms with Crippen molar-refractivity contribution in [1.82, 2.24) is 10.6 Å². The molecular weight excluding hydrogens is 188 g/mol. The zero-order chi connectivity index (χ0) is 10.6. The van der Waals surface area contributed by atoms with Crippen molar-refractivity contribution in [1.29, 1.82) is 0 Å². The number of rotatable bonds is 6. The second-order valence-electron chi connectivity index (χ2n) is 5.32. The van der Waals surface area contributed by atoms with Crippen LogP contribution in [0.5, 0.6) is 0 Å². The van der Waals surface area contributed by atoms with Crippen LogP contribution in [0.25, 0.3) is 0 Å². The molecule has 0 amide bonds. The van der Waals surface area contributed by atoms with E-state index in [0.717, 1.165) is 25.4 Å². The van der Waals surface area contributed by atoms with Gasteiger partial charge in [-0.15, -0.1) is 0 Å². The van der Waals surface area contributed by atoms with Gasteiger partial charge in [0, 0.05) is 13.2 Å². The molecule has 1 saturated heterocycles. The highest BCUT2D eigenvalue weighted by Gasteiger charge is 2.41. The van der Waals surface area contributed by atoms with Crippen molar-refractivity contribution in [2.45, 2.75) is 32.1 Å². The molecule has 3 nitrogen and oxygen atoms in total. The lowest BCUT2D eigenvalue weighted by Crippen LogP contribution is -2.37. The summed E-state index contributed by atoms with van der Waals surface area (Å²) in [5, 5.41) is 16.0. The second-order valence-corrected chi connectivity index (χ2v) is 5.32. The van der Waals surface area contributed by atoms with Crippen LogP contribution >= 0.6 is 0 Å². The Kier molecular flexibility index (Phi) is 4.00. The third-order valence-electron chi connectivity index (χ3n) is 3.93. The van der Waals surface area contributed by atoms with E-state index in [1.165, 1.54) is 38.8 Å². The summed E-state index contributed by atoms with van der Waals surface area (Å²) in [5.41, 5.74) is 0.469. The van der Waals surface area contributed by atoms with Crippen LogP contribution < -0.4 is 10.6 Å². The Morgan fingerprint density at radius 2 is 2.27 bits per heavy atom. The van der Waals surface area contributed by atoms with Crippen LogP contribution in [0.2, 0.25) is 0 Å². The summed E-state index contributed by atoms with van der Waals surface area (Å²) in [6.07, 6.45) is 6.30. The first-order valence-corrected chi connectivity index (χ1v) is 6.37. The number of piperidine rings is 1. The van der Waals surface area contributed by atoms with E-state index in [4.69, 9.17) is 5.11 Å². The lowest BCUT2D eigenvalue weighted by atomic mass is 9.98. The fourth-order valence-electron chi connectivity index (χ4n) is 2.57. The van der Waals surface area contributed by atoms with Crippen LogP contribution in [-0.4, -0.2) is 37.9 Å². The van der Waals surface area contributed by atoms with Crippen LogP contribution in [0.1, 0.15) is 32.1 Å². The van der Waals surface area contributed by atoms with Crippen LogP contribution in [-0.2, 0) is 0 Å². The molecule has 0 aromatic rings. The first kappa shape index (κ1) is 11.4. The highest BCUT2D eigenvalue weighted by Crippen LogP contribution is 2.47. The standard InChI is InChI=1S/C12H24N2O/c15-7-5-12(3-4-12)10-14-9-11-2-1-6-13-8-11/h11,13-15H,1-10H2. The molecule has 1 aliphatic heterocycles. The first-order valence-electron chi connectivity index (χ1n) is 6.37. The lowest BCUT2D eigenvalue weighted by molar-refractivity contribution is 0.242. The molecule has 15 heavy (non-hydrogen) atoms. The Morgan fingerprint density at radius 3 is 2.87 bits per heavy atom. The van der Waals surface area contributed by atoms with Crippen molar-refractivity contribution >= 4 is 0 Å². The maximum atomic E-state index is 8.95. The second kappa shape index (κ2) is 5.28. The molecule has 0 spiro atoms. The van der Waals surface area contributed by atoms with Gasteiger partial charge in [0.05, 0.1) is 0 Å². The van der Waals surface area contributed by atoms with Crippen molar-refractivity contribution in [3.05, 3.63) is 0 Å². The molecule has 0 bridgehead atoms. The van der Waals surface area contributed by atoms with Gasteiger partial charge in [-0.25, -0.2) is 0 Å². The summed E-state index contributed by atoms with van der Waals surface area (Å²) in [6.45, 7) is 5.00. The molecule has 3 heteroatoms. The highest BCUT2D eigenvalue weighted by molar-refractivity contribution is 4.94. The Labute approximate surface area is 92.6 Å². The smallest absolute Gasteiger partial charge is 0.0436 e. The molecule has 1 aliphatic carbocycles. The van der Waals surface area contributed by atoms with Gasteiger partial charge in [-0.05, 0) is 63.1 Å². The van der Waals surface area contributed by atoms with E-state index in [-0.39, 0.29) is 0 Å². The van der Waals surface area contributed by atoms with Crippen molar-refractivity contribution in [2.75, 3.05) is 32.8 Å². The minimum absolute atomic E-state index is 0.354. The lowest BCUT2D eigenvalue weighted by Gasteiger charge is -2.24. The number of hydrogen-bond acceptors (Lipinski definition) is 3. The van der Waals surface area contributed by atoms with Gasteiger partial charge in [0.25, 0.3) is 0 Å². The molecule has 1 atom stereocenters. The largest absolute Gasteiger partial charge is 0.396 e. The van der Waals surface area contributed by atoms with Crippen molar-refractivity contribution in [3.63, 3.8) is 0 Å². The molecular formula is C12H24N2O. The van der Waals surface area contributed by atoms with Gasteiger partial charge in [-0.3, -0.25) is 0 Å². The quantitative estimate of drug-likeness (QED) is 0.608. The van der Waals surface area contributed by atoms with Gasteiger partial charge >= 0.3 is 0 Å². The summed E-state index contributed by atoms with van der Waals surface area (Å²) in [7, 11) is 0. The summed E-state index contributed by atoms with van der Waals surface area (Å²) in [6, 6.07) is 0. The van der Waals surface area contributed by atoms with E-state index in [0.29, 0.717) is 12.0 Å². The monoisotopic (exact) mass is 212 g/mol. The van der Waals surface area contributed by atoms with E-state index in [9.17, 15) is 0 Å². The van der Waals surface area contributed by atoms with Crippen LogP contribution in [0, 0.1) is 11.3 Å². The first-order chi connectivity index (χ1) is 7.35. The maximum Gasteiger partial charge on any atom is 0.0436 e. The number of hydrogen-bond donors (Lipinski definition) is 3. The molecule has 1 unspecified atom stereocenters. The fourth-order valence-corrected chi connectivity index (χ4v) is 2.57. The molecule has 1 saturated carbocycles. The van der Waals surface area contributed by atoms with Gasteiger partial charge < -0.3 is 15.7 Å². The van der Waals surface area contributed by atoms with Crippen molar-refractivity contribution in [2.24, 2.45) is 11.3 Å². The molecule has 2 aliphatic rings. The third-order valence-corrected chi connectivity index (χ3v) is 3.93. The number of aliphatic hydroxyl groups is 1. The van der Waals surface area contributed by atoms with E-state index in [1.54, 1.807) is 0 Å². The highest BCUT2D eigenvalue weighted by atomic mass is 16.3. The average Bonchev–Trinajstić information content (AvgIpc) is 3.00. The Morgan fingerprint density at radius 1 is 1.40 bits per heavy atom. The summed E-state index contributed by atoms with van der Waals surface area (Å²) < 4.78 is 0. The van der Waals surface area contributed by atoms with Crippen LogP contribution in [0.15, 0.2) is 0 Å². The van der Waals surface area contributed by atoms with Crippen LogP contribution in [0.3, 0.4) is 0 Å². The SMILES string of the molecule is OCCC1(CNCC2CCCNC2)CC1. The topological polar surface area (TPSA) is 44.3 Å². The average molecular weight is 212 g/mol. The Balaban J connectivity index is 1.58. The van der Waals surface area contributed by atoms with Gasteiger partial charge in [-0.2, -0.15) is 0 Å².